The molecule has 1 heteroatoms. The summed E-state index contributed by atoms with van der Waals surface area (Å²) in [5.74, 6) is 0. The first kappa shape index (κ1) is 19.2. The van der Waals surface area contributed by atoms with Gasteiger partial charge in [0.1, 0.15) is 6.54 Å². The van der Waals surface area contributed by atoms with E-state index in [4.69, 9.17) is 0 Å². The predicted molar refractivity (Wildman–Crippen MR) is 107 cm³/mol. The van der Waals surface area contributed by atoms with Crippen molar-refractivity contribution in [2.75, 3.05) is 6.54 Å². The first-order chi connectivity index (χ1) is 11.6. The van der Waals surface area contributed by atoms with Crippen LogP contribution >= 0.6 is 0 Å². The molecule has 2 rings (SSSR count). The van der Waals surface area contributed by atoms with E-state index in [2.05, 4.69) is 56.5 Å². The summed E-state index contributed by atoms with van der Waals surface area (Å²) < 4.78 is 2.57. The van der Waals surface area contributed by atoms with E-state index in [-0.39, 0.29) is 5.41 Å². The van der Waals surface area contributed by atoms with Crippen LogP contribution in [-0.4, -0.2) is 16.8 Å². The van der Waals surface area contributed by atoms with Crippen molar-refractivity contribution in [3.05, 3.63) is 29.8 Å². The molecular weight excluding hydrogens is 290 g/mol. The summed E-state index contributed by atoms with van der Waals surface area (Å²) >= 11 is 0. The van der Waals surface area contributed by atoms with Gasteiger partial charge in [-0.3, -0.25) is 0 Å². The number of unbranched alkanes of at least 4 members (excludes halogenated alkanes) is 9. The third-order valence-corrected chi connectivity index (χ3v) is 5.91. The minimum absolute atomic E-state index is 0.190. The van der Waals surface area contributed by atoms with Gasteiger partial charge in [0.25, 0.3) is 0 Å². The number of rotatable bonds is 11. The molecule has 1 aromatic carbocycles. The summed E-state index contributed by atoms with van der Waals surface area (Å²) in [6.45, 7) is 10.5. The summed E-state index contributed by atoms with van der Waals surface area (Å²) in [4.78, 5) is 0. The standard InChI is InChI=1S/C23H38N/c1-5-6-7-8-9-10-11-12-13-16-19-24-20(2)23(3,4)21-17-14-15-18-22(21)24/h14-15,17-18H,5-13,16,19H2,1-4H3/q+1. The monoisotopic (exact) mass is 328 g/mol. The molecule has 0 bridgehead atoms. The predicted octanol–water partition coefficient (Wildman–Crippen LogP) is 7.00. The molecule has 0 unspecified atom stereocenters. The van der Waals surface area contributed by atoms with E-state index in [1.54, 1.807) is 0 Å². The average molecular weight is 329 g/mol. The van der Waals surface area contributed by atoms with Crippen LogP contribution < -0.4 is 0 Å². The number of nitrogens with zero attached hydrogens (tertiary/aromatic N) is 1. The zero-order valence-corrected chi connectivity index (χ0v) is 16.5. The van der Waals surface area contributed by atoms with Gasteiger partial charge in [-0.2, -0.15) is 4.58 Å². The van der Waals surface area contributed by atoms with E-state index in [1.165, 1.54) is 87.7 Å². The van der Waals surface area contributed by atoms with E-state index in [9.17, 15) is 0 Å². The average Bonchev–Trinajstić information content (AvgIpc) is 2.77. The van der Waals surface area contributed by atoms with E-state index in [1.807, 2.05) is 0 Å². The van der Waals surface area contributed by atoms with Gasteiger partial charge in [-0.25, -0.2) is 0 Å². The molecule has 134 valence electrons. The van der Waals surface area contributed by atoms with Gasteiger partial charge in [-0.05, 0) is 20.3 Å². The van der Waals surface area contributed by atoms with Gasteiger partial charge >= 0.3 is 0 Å². The molecule has 1 heterocycles. The van der Waals surface area contributed by atoms with Crippen molar-refractivity contribution in [1.29, 1.82) is 0 Å². The highest BCUT2D eigenvalue weighted by molar-refractivity contribution is 5.93. The van der Waals surface area contributed by atoms with Crippen molar-refractivity contribution in [1.82, 2.24) is 0 Å². The summed E-state index contributed by atoms with van der Waals surface area (Å²) in [6.07, 6.45) is 14.1. The normalized spacial score (nSPS) is 15.8. The Kier molecular flexibility index (Phi) is 7.52. The lowest BCUT2D eigenvalue weighted by Gasteiger charge is -2.14. The molecule has 0 saturated heterocycles. The summed E-state index contributed by atoms with van der Waals surface area (Å²) in [5, 5.41) is 0. The minimum atomic E-state index is 0.190. The fourth-order valence-corrected chi connectivity index (χ4v) is 4.00. The van der Waals surface area contributed by atoms with E-state index >= 15 is 0 Å². The van der Waals surface area contributed by atoms with E-state index in [0.717, 1.165) is 0 Å². The molecular formula is C23H38N+. The number of fused-ring (bicyclic) bond motifs is 1. The lowest BCUT2D eigenvalue weighted by molar-refractivity contribution is -0.439. The van der Waals surface area contributed by atoms with Gasteiger partial charge in [0.05, 0.1) is 5.41 Å². The maximum Gasteiger partial charge on any atom is 0.209 e. The van der Waals surface area contributed by atoms with Crippen molar-refractivity contribution in [2.24, 2.45) is 0 Å². The SMILES string of the molecule is CCCCCCCCCCCC[N+]1=C(C)C(C)(C)c2ccccc21. The van der Waals surface area contributed by atoms with Crippen molar-refractivity contribution in [3.63, 3.8) is 0 Å². The quantitative estimate of drug-likeness (QED) is 0.304. The minimum Gasteiger partial charge on any atom is -0.199 e. The van der Waals surface area contributed by atoms with E-state index < -0.39 is 0 Å². The Morgan fingerprint density at radius 3 is 1.96 bits per heavy atom. The molecule has 0 aliphatic carbocycles. The second-order valence-corrected chi connectivity index (χ2v) is 8.06. The molecule has 0 atom stereocenters. The highest BCUT2D eigenvalue weighted by atomic mass is 15.1. The Labute approximate surface area is 150 Å². The number of hydrogen-bond acceptors (Lipinski definition) is 0. The molecule has 0 N–H and O–H groups in total. The van der Waals surface area contributed by atoms with Gasteiger partial charge in [0.15, 0.2) is 5.71 Å². The molecule has 1 aromatic rings. The third kappa shape index (κ3) is 4.71. The molecule has 1 aliphatic rings. The van der Waals surface area contributed by atoms with Crippen LogP contribution in [0, 0.1) is 0 Å². The van der Waals surface area contributed by atoms with Crippen molar-refractivity contribution < 1.29 is 4.58 Å². The molecule has 0 aromatic heterocycles. The first-order valence-electron chi connectivity index (χ1n) is 10.3. The van der Waals surface area contributed by atoms with Gasteiger partial charge in [0, 0.05) is 25.0 Å². The zero-order valence-electron chi connectivity index (χ0n) is 16.5. The topological polar surface area (TPSA) is 3.01 Å². The Morgan fingerprint density at radius 1 is 0.792 bits per heavy atom. The van der Waals surface area contributed by atoms with Crippen LogP contribution in [0.2, 0.25) is 0 Å². The Balaban J connectivity index is 1.69. The molecule has 1 aliphatic heterocycles. The van der Waals surface area contributed by atoms with Crippen molar-refractivity contribution >= 4 is 11.4 Å². The second kappa shape index (κ2) is 9.39. The van der Waals surface area contributed by atoms with Gasteiger partial charge in [0.2, 0.25) is 5.69 Å². The molecule has 0 amide bonds. The fraction of sp³-hybridized carbons (Fsp3) is 0.696. The van der Waals surface area contributed by atoms with Crippen LogP contribution in [0.15, 0.2) is 24.3 Å². The van der Waals surface area contributed by atoms with Crippen LogP contribution in [0.3, 0.4) is 0 Å². The van der Waals surface area contributed by atoms with Gasteiger partial charge in [-0.15, -0.1) is 0 Å². The first-order valence-corrected chi connectivity index (χ1v) is 10.3. The Hall–Kier alpha value is -1.11. The summed E-state index contributed by atoms with van der Waals surface area (Å²) in [6, 6.07) is 8.96. The maximum atomic E-state index is 2.57. The molecule has 24 heavy (non-hydrogen) atoms. The van der Waals surface area contributed by atoms with Crippen molar-refractivity contribution in [3.8, 4) is 0 Å². The van der Waals surface area contributed by atoms with Gasteiger partial charge < -0.3 is 0 Å². The number of para-hydroxylation sites is 1. The molecule has 0 spiro atoms. The zero-order chi connectivity index (χ0) is 17.4. The van der Waals surface area contributed by atoms with Crippen molar-refractivity contribution in [2.45, 2.75) is 97.3 Å². The fourth-order valence-electron chi connectivity index (χ4n) is 4.00. The van der Waals surface area contributed by atoms with Gasteiger partial charge in [-0.1, -0.05) is 76.5 Å². The number of hydrogen-bond donors (Lipinski definition) is 0. The van der Waals surface area contributed by atoms with Crippen LogP contribution in [0.25, 0.3) is 0 Å². The molecule has 1 nitrogen and oxygen atoms in total. The Bertz CT molecular complexity index is 539. The summed E-state index contributed by atoms with van der Waals surface area (Å²) in [5.41, 5.74) is 4.64. The summed E-state index contributed by atoms with van der Waals surface area (Å²) in [7, 11) is 0. The largest absolute Gasteiger partial charge is 0.209 e. The van der Waals surface area contributed by atoms with Crippen LogP contribution in [-0.2, 0) is 5.41 Å². The Morgan fingerprint density at radius 2 is 1.33 bits per heavy atom. The number of benzene rings is 1. The van der Waals surface area contributed by atoms with E-state index in [0.29, 0.717) is 0 Å². The lowest BCUT2D eigenvalue weighted by atomic mass is 9.82. The second-order valence-electron chi connectivity index (χ2n) is 8.06. The van der Waals surface area contributed by atoms with Crippen LogP contribution in [0.1, 0.15) is 97.5 Å². The third-order valence-electron chi connectivity index (χ3n) is 5.91. The lowest BCUT2D eigenvalue weighted by Crippen LogP contribution is -2.26. The highest BCUT2D eigenvalue weighted by Gasteiger charge is 2.42. The molecule has 0 radical (unpaired) electrons. The highest BCUT2D eigenvalue weighted by Crippen LogP contribution is 2.39. The van der Waals surface area contributed by atoms with Crippen LogP contribution in [0.4, 0.5) is 5.69 Å². The molecule has 0 saturated carbocycles. The van der Waals surface area contributed by atoms with Crippen LogP contribution in [0.5, 0.6) is 0 Å². The maximum absolute atomic E-state index is 2.57. The smallest absolute Gasteiger partial charge is 0.199 e. The molecule has 0 fully saturated rings.